The molecule has 1 saturated carbocycles. The molecule has 3 nitrogen and oxygen atoms in total. The lowest BCUT2D eigenvalue weighted by Crippen LogP contribution is -2.31. The van der Waals surface area contributed by atoms with Gasteiger partial charge in [0.05, 0.1) is 18.6 Å². The van der Waals surface area contributed by atoms with Crippen molar-refractivity contribution in [2.24, 2.45) is 22.2 Å². The molecule has 3 atom stereocenters. The number of hydrogen-bond acceptors (Lipinski definition) is 3. The maximum absolute atomic E-state index is 12.1. The first-order valence-corrected chi connectivity index (χ1v) is 6.67. The summed E-state index contributed by atoms with van der Waals surface area (Å²) in [5, 5.41) is 9.73. The highest BCUT2D eigenvalue weighted by molar-refractivity contribution is 5.87. The summed E-state index contributed by atoms with van der Waals surface area (Å²) >= 11 is 0. The summed E-state index contributed by atoms with van der Waals surface area (Å²) in [6, 6.07) is 0. The summed E-state index contributed by atoms with van der Waals surface area (Å²) in [6.07, 6.45) is 6.27. The van der Waals surface area contributed by atoms with Gasteiger partial charge in [0.25, 0.3) is 0 Å². The normalized spacial score (nSPS) is 46.6. The fourth-order valence-electron chi connectivity index (χ4n) is 4.50. The number of cyclic esters (lactones) is 1. The number of hydrogen-bond donors (Lipinski definition) is 1. The molecule has 0 unspecified atom stereocenters. The van der Waals surface area contributed by atoms with Gasteiger partial charge < -0.3 is 9.84 Å². The Balaban J connectivity index is 1.90. The number of carbonyl (C=O) groups is 1. The molecular formula is C15H18O3. The maximum atomic E-state index is 12.1. The quantitative estimate of drug-likeness (QED) is 0.718. The molecule has 1 spiro atoms. The Morgan fingerprint density at radius 2 is 2.22 bits per heavy atom. The molecule has 96 valence electrons. The zero-order valence-corrected chi connectivity index (χ0v) is 10.8. The maximum Gasteiger partial charge on any atom is 0.313 e. The van der Waals surface area contributed by atoms with Crippen molar-refractivity contribution >= 4 is 5.97 Å². The van der Waals surface area contributed by atoms with Crippen LogP contribution in [0.1, 0.15) is 26.7 Å². The summed E-state index contributed by atoms with van der Waals surface area (Å²) in [4.78, 5) is 12.1. The van der Waals surface area contributed by atoms with Crippen LogP contribution < -0.4 is 0 Å². The highest BCUT2D eigenvalue weighted by Crippen LogP contribution is 2.76. The van der Waals surface area contributed by atoms with Crippen molar-refractivity contribution in [2.75, 3.05) is 13.2 Å². The lowest BCUT2D eigenvalue weighted by atomic mass is 9.72. The summed E-state index contributed by atoms with van der Waals surface area (Å²) in [6.45, 7) is 5.01. The van der Waals surface area contributed by atoms with E-state index in [0.29, 0.717) is 6.61 Å². The van der Waals surface area contributed by atoms with Crippen LogP contribution in [0.25, 0.3) is 0 Å². The van der Waals surface area contributed by atoms with E-state index >= 15 is 0 Å². The van der Waals surface area contributed by atoms with Crippen molar-refractivity contribution in [3.8, 4) is 0 Å². The van der Waals surface area contributed by atoms with Gasteiger partial charge in [0.2, 0.25) is 0 Å². The number of aliphatic hydroxyl groups is 1. The van der Waals surface area contributed by atoms with Crippen LogP contribution in [0.4, 0.5) is 0 Å². The van der Waals surface area contributed by atoms with Crippen molar-refractivity contribution in [3.05, 3.63) is 23.3 Å². The first-order valence-electron chi connectivity index (χ1n) is 6.67. The molecule has 1 N–H and O–H groups in total. The molecular weight excluding hydrogens is 228 g/mol. The molecule has 3 aliphatic carbocycles. The largest absolute Gasteiger partial charge is 0.465 e. The molecule has 0 aromatic carbocycles. The average Bonchev–Trinajstić information content (AvgIpc) is 2.72. The van der Waals surface area contributed by atoms with E-state index in [4.69, 9.17) is 4.74 Å². The van der Waals surface area contributed by atoms with Crippen LogP contribution in [0.3, 0.4) is 0 Å². The second kappa shape index (κ2) is 2.74. The number of aliphatic hydroxyl groups excluding tert-OH is 1. The van der Waals surface area contributed by atoms with Crippen LogP contribution in [0.2, 0.25) is 0 Å². The lowest BCUT2D eigenvalue weighted by Gasteiger charge is -2.28. The second-order valence-electron chi connectivity index (χ2n) is 7.05. The Labute approximate surface area is 107 Å². The van der Waals surface area contributed by atoms with Crippen molar-refractivity contribution in [1.29, 1.82) is 0 Å². The standard InChI is InChI=1S/C15H18O3/c1-13(2)3-9-4-14(8-16)7-15(14)11(10(9)5-13)6-18-12(15)17/h4-5,11,16H,3,6-8H2,1-2H3/t11-,14+,15+/m0/s1. The number of allylic oxidation sites excluding steroid dienone is 2. The van der Waals surface area contributed by atoms with Gasteiger partial charge in [-0.2, -0.15) is 0 Å². The van der Waals surface area contributed by atoms with E-state index in [1.165, 1.54) is 11.1 Å². The molecule has 4 aliphatic rings. The molecule has 0 bridgehead atoms. The van der Waals surface area contributed by atoms with Crippen molar-refractivity contribution < 1.29 is 14.6 Å². The third kappa shape index (κ3) is 0.957. The minimum Gasteiger partial charge on any atom is -0.465 e. The van der Waals surface area contributed by atoms with Gasteiger partial charge >= 0.3 is 5.97 Å². The average molecular weight is 246 g/mol. The topological polar surface area (TPSA) is 46.5 Å². The van der Waals surface area contributed by atoms with Crippen LogP contribution in [-0.4, -0.2) is 24.3 Å². The Bertz CT molecular complexity index is 528. The molecule has 0 radical (unpaired) electrons. The molecule has 0 aromatic rings. The lowest BCUT2D eigenvalue weighted by molar-refractivity contribution is -0.143. The molecule has 1 heterocycles. The molecule has 1 aliphatic heterocycles. The predicted molar refractivity (Wildman–Crippen MR) is 65.6 cm³/mol. The van der Waals surface area contributed by atoms with Gasteiger partial charge in [-0.25, -0.2) is 0 Å². The number of ether oxygens (including phenoxy) is 1. The molecule has 4 rings (SSSR count). The van der Waals surface area contributed by atoms with Gasteiger partial charge in [-0.15, -0.1) is 0 Å². The van der Waals surface area contributed by atoms with E-state index in [2.05, 4.69) is 26.0 Å². The molecule has 18 heavy (non-hydrogen) atoms. The number of rotatable bonds is 1. The zero-order chi connectivity index (χ0) is 12.8. The van der Waals surface area contributed by atoms with E-state index in [1.807, 2.05) is 0 Å². The van der Waals surface area contributed by atoms with Gasteiger partial charge in [0, 0.05) is 11.3 Å². The van der Waals surface area contributed by atoms with Gasteiger partial charge in [0.1, 0.15) is 0 Å². The molecule has 1 saturated heterocycles. The van der Waals surface area contributed by atoms with E-state index < -0.39 is 5.41 Å². The van der Waals surface area contributed by atoms with Gasteiger partial charge in [-0.1, -0.05) is 26.0 Å². The van der Waals surface area contributed by atoms with Crippen molar-refractivity contribution in [1.82, 2.24) is 0 Å². The zero-order valence-electron chi connectivity index (χ0n) is 10.8. The molecule has 3 heteroatoms. The molecule has 0 amide bonds. The van der Waals surface area contributed by atoms with Gasteiger partial charge in [-0.05, 0) is 29.4 Å². The Morgan fingerprint density at radius 1 is 1.44 bits per heavy atom. The second-order valence-corrected chi connectivity index (χ2v) is 7.05. The first kappa shape index (κ1) is 10.8. The van der Waals surface area contributed by atoms with E-state index in [-0.39, 0.29) is 29.3 Å². The van der Waals surface area contributed by atoms with Gasteiger partial charge in [-0.3, -0.25) is 4.79 Å². The third-order valence-electron chi connectivity index (χ3n) is 5.37. The van der Waals surface area contributed by atoms with Crippen molar-refractivity contribution in [2.45, 2.75) is 26.7 Å². The first-order chi connectivity index (χ1) is 8.44. The number of fused-ring (bicyclic) bond motifs is 2. The highest BCUT2D eigenvalue weighted by atomic mass is 16.5. The van der Waals surface area contributed by atoms with Crippen LogP contribution in [-0.2, 0) is 9.53 Å². The summed E-state index contributed by atoms with van der Waals surface area (Å²) in [5.74, 6) is 0.0846. The molecule has 2 fully saturated rings. The van der Waals surface area contributed by atoms with Crippen LogP contribution in [0, 0.1) is 22.2 Å². The van der Waals surface area contributed by atoms with E-state index in [9.17, 15) is 9.90 Å². The Hall–Kier alpha value is -1.09. The van der Waals surface area contributed by atoms with Crippen molar-refractivity contribution in [3.63, 3.8) is 0 Å². The van der Waals surface area contributed by atoms with E-state index in [0.717, 1.165) is 12.8 Å². The van der Waals surface area contributed by atoms with Crippen LogP contribution in [0.5, 0.6) is 0 Å². The fraction of sp³-hybridized carbons (Fsp3) is 0.667. The predicted octanol–water partition coefficient (Wildman–Crippen LogP) is 1.82. The monoisotopic (exact) mass is 246 g/mol. The number of carbonyl (C=O) groups excluding carboxylic acids is 1. The minimum atomic E-state index is -0.433. The highest BCUT2D eigenvalue weighted by Gasteiger charge is 2.79. The SMILES string of the molecule is CC1(C)C=C2C(=C[C@]3(CO)C[C@@]34C(=O)OC[C@@H]24)C1. The third-order valence-corrected chi connectivity index (χ3v) is 5.37. The summed E-state index contributed by atoms with van der Waals surface area (Å²) in [7, 11) is 0. The molecule has 0 aromatic heterocycles. The Kier molecular flexibility index (Phi) is 1.65. The minimum absolute atomic E-state index is 0.0653. The smallest absolute Gasteiger partial charge is 0.313 e. The fourth-order valence-corrected chi connectivity index (χ4v) is 4.50. The Morgan fingerprint density at radius 3 is 2.94 bits per heavy atom. The summed E-state index contributed by atoms with van der Waals surface area (Å²) in [5.41, 5.74) is 2.06. The number of esters is 1. The van der Waals surface area contributed by atoms with Crippen LogP contribution >= 0.6 is 0 Å². The van der Waals surface area contributed by atoms with Gasteiger partial charge in [0.15, 0.2) is 0 Å². The van der Waals surface area contributed by atoms with Crippen LogP contribution in [0.15, 0.2) is 23.3 Å². The van der Waals surface area contributed by atoms with E-state index in [1.54, 1.807) is 0 Å². The summed E-state index contributed by atoms with van der Waals surface area (Å²) < 4.78 is 5.32.